The van der Waals surface area contributed by atoms with Gasteiger partial charge in [-0.2, -0.15) is 11.8 Å². The summed E-state index contributed by atoms with van der Waals surface area (Å²) in [4.78, 5) is 6.72. The van der Waals surface area contributed by atoms with Gasteiger partial charge in [-0.15, -0.1) is 0 Å². The highest BCUT2D eigenvalue weighted by atomic mass is 32.2. The van der Waals surface area contributed by atoms with Gasteiger partial charge in [-0.25, -0.2) is 0 Å². The van der Waals surface area contributed by atoms with E-state index in [9.17, 15) is 0 Å². The molecule has 1 aliphatic rings. The van der Waals surface area contributed by atoms with E-state index in [2.05, 4.69) is 28.2 Å². The SMILES string of the molecule is CNCc1cnccc1N1CCSCC1C. The first-order valence-corrected chi connectivity index (χ1v) is 6.90. The molecule has 1 aromatic rings. The van der Waals surface area contributed by atoms with Crippen molar-refractivity contribution in [2.24, 2.45) is 0 Å². The summed E-state index contributed by atoms with van der Waals surface area (Å²) in [6, 6.07) is 2.76. The van der Waals surface area contributed by atoms with Crippen molar-refractivity contribution in [1.82, 2.24) is 10.3 Å². The average Bonchev–Trinajstić information content (AvgIpc) is 2.31. The Labute approximate surface area is 102 Å². The molecule has 0 spiro atoms. The number of hydrogen-bond acceptors (Lipinski definition) is 4. The van der Waals surface area contributed by atoms with E-state index in [1.807, 2.05) is 31.2 Å². The Hall–Kier alpha value is -0.740. The summed E-state index contributed by atoms with van der Waals surface area (Å²) in [5.74, 6) is 2.45. The third-order valence-corrected chi connectivity index (χ3v) is 4.11. The third-order valence-electron chi connectivity index (χ3n) is 2.92. The van der Waals surface area contributed by atoms with Crippen LogP contribution in [0.15, 0.2) is 18.5 Å². The molecule has 1 atom stereocenters. The smallest absolute Gasteiger partial charge is 0.0445 e. The monoisotopic (exact) mass is 237 g/mol. The molecule has 2 rings (SSSR count). The van der Waals surface area contributed by atoms with E-state index in [4.69, 9.17) is 0 Å². The molecule has 1 N–H and O–H groups in total. The van der Waals surface area contributed by atoms with E-state index in [0.29, 0.717) is 6.04 Å². The van der Waals surface area contributed by atoms with Gasteiger partial charge in [-0.05, 0) is 20.0 Å². The molecule has 0 radical (unpaired) electrons. The van der Waals surface area contributed by atoms with Crippen LogP contribution >= 0.6 is 11.8 Å². The van der Waals surface area contributed by atoms with Gasteiger partial charge in [0.2, 0.25) is 0 Å². The maximum Gasteiger partial charge on any atom is 0.0445 e. The molecule has 4 heteroatoms. The molecule has 0 saturated carbocycles. The minimum atomic E-state index is 0.622. The Morgan fingerprint density at radius 2 is 2.50 bits per heavy atom. The summed E-state index contributed by atoms with van der Waals surface area (Å²) in [6.07, 6.45) is 3.86. The first-order chi connectivity index (χ1) is 7.83. The molecule has 1 saturated heterocycles. The summed E-state index contributed by atoms with van der Waals surface area (Å²) < 4.78 is 0. The van der Waals surface area contributed by atoms with Crippen molar-refractivity contribution in [3.63, 3.8) is 0 Å². The minimum absolute atomic E-state index is 0.622. The van der Waals surface area contributed by atoms with Gasteiger partial charge >= 0.3 is 0 Å². The maximum absolute atomic E-state index is 4.21. The Kier molecular flexibility index (Phi) is 4.07. The maximum atomic E-state index is 4.21. The van der Waals surface area contributed by atoms with Crippen molar-refractivity contribution in [3.8, 4) is 0 Å². The van der Waals surface area contributed by atoms with Gasteiger partial charge < -0.3 is 10.2 Å². The van der Waals surface area contributed by atoms with Crippen molar-refractivity contribution in [2.45, 2.75) is 19.5 Å². The highest BCUT2D eigenvalue weighted by Crippen LogP contribution is 2.26. The van der Waals surface area contributed by atoms with Gasteiger partial charge in [0.25, 0.3) is 0 Å². The van der Waals surface area contributed by atoms with Crippen LogP contribution in [-0.4, -0.2) is 36.1 Å². The molecule has 0 amide bonds. The number of nitrogens with one attached hydrogen (secondary N) is 1. The van der Waals surface area contributed by atoms with Crippen LogP contribution < -0.4 is 10.2 Å². The number of aromatic nitrogens is 1. The zero-order valence-electron chi connectivity index (χ0n) is 9.94. The highest BCUT2D eigenvalue weighted by molar-refractivity contribution is 7.99. The first kappa shape index (κ1) is 11.7. The second kappa shape index (κ2) is 5.55. The lowest BCUT2D eigenvalue weighted by Crippen LogP contribution is -2.41. The minimum Gasteiger partial charge on any atom is -0.367 e. The van der Waals surface area contributed by atoms with E-state index in [1.165, 1.54) is 22.8 Å². The second-order valence-electron chi connectivity index (χ2n) is 4.15. The van der Waals surface area contributed by atoms with Crippen LogP contribution in [0.4, 0.5) is 5.69 Å². The molecular formula is C12H19N3S. The zero-order valence-corrected chi connectivity index (χ0v) is 10.8. The summed E-state index contributed by atoms with van der Waals surface area (Å²) in [7, 11) is 1.98. The largest absolute Gasteiger partial charge is 0.367 e. The Bertz CT molecular complexity index is 343. The van der Waals surface area contributed by atoms with Crippen molar-refractivity contribution >= 4 is 17.4 Å². The highest BCUT2D eigenvalue weighted by Gasteiger charge is 2.20. The molecule has 1 unspecified atom stereocenters. The number of pyridine rings is 1. The normalized spacial score (nSPS) is 21.1. The van der Waals surface area contributed by atoms with Gasteiger partial charge in [0, 0.05) is 54.3 Å². The van der Waals surface area contributed by atoms with E-state index < -0.39 is 0 Å². The summed E-state index contributed by atoms with van der Waals surface area (Å²) in [6.45, 7) is 4.34. The predicted molar refractivity (Wildman–Crippen MR) is 71.1 cm³/mol. The summed E-state index contributed by atoms with van der Waals surface area (Å²) in [5.41, 5.74) is 2.64. The molecule has 16 heavy (non-hydrogen) atoms. The average molecular weight is 237 g/mol. The Balaban J connectivity index is 2.23. The molecule has 1 aliphatic heterocycles. The predicted octanol–water partition coefficient (Wildman–Crippen LogP) is 1.74. The van der Waals surface area contributed by atoms with Crippen LogP contribution in [0.5, 0.6) is 0 Å². The van der Waals surface area contributed by atoms with Crippen LogP contribution in [-0.2, 0) is 6.54 Å². The third kappa shape index (κ3) is 2.50. The van der Waals surface area contributed by atoms with Crippen molar-refractivity contribution in [3.05, 3.63) is 24.0 Å². The fraction of sp³-hybridized carbons (Fsp3) is 0.583. The number of nitrogens with zero attached hydrogens (tertiary/aromatic N) is 2. The van der Waals surface area contributed by atoms with Crippen LogP contribution in [0.1, 0.15) is 12.5 Å². The van der Waals surface area contributed by atoms with Gasteiger partial charge in [0.05, 0.1) is 0 Å². The molecule has 0 aliphatic carbocycles. The van der Waals surface area contributed by atoms with Crippen LogP contribution in [0.2, 0.25) is 0 Å². The molecule has 2 heterocycles. The van der Waals surface area contributed by atoms with Crippen molar-refractivity contribution < 1.29 is 0 Å². The molecule has 0 aromatic carbocycles. The van der Waals surface area contributed by atoms with Crippen LogP contribution in [0.25, 0.3) is 0 Å². The van der Waals surface area contributed by atoms with Gasteiger partial charge in [0.1, 0.15) is 0 Å². The van der Waals surface area contributed by atoms with Gasteiger partial charge in [0.15, 0.2) is 0 Å². The lowest BCUT2D eigenvalue weighted by atomic mass is 10.1. The lowest BCUT2D eigenvalue weighted by molar-refractivity contribution is 0.689. The van der Waals surface area contributed by atoms with Crippen LogP contribution in [0.3, 0.4) is 0 Å². The van der Waals surface area contributed by atoms with Crippen LogP contribution in [0, 0.1) is 0 Å². The Morgan fingerprint density at radius 3 is 3.25 bits per heavy atom. The number of thioether (sulfide) groups is 1. The quantitative estimate of drug-likeness (QED) is 0.867. The molecule has 0 bridgehead atoms. The molecule has 3 nitrogen and oxygen atoms in total. The summed E-state index contributed by atoms with van der Waals surface area (Å²) in [5, 5.41) is 3.21. The van der Waals surface area contributed by atoms with Gasteiger partial charge in [-0.1, -0.05) is 0 Å². The molecule has 1 aromatic heterocycles. The van der Waals surface area contributed by atoms with E-state index in [-0.39, 0.29) is 0 Å². The Morgan fingerprint density at radius 1 is 1.62 bits per heavy atom. The van der Waals surface area contributed by atoms with Gasteiger partial charge in [-0.3, -0.25) is 4.98 Å². The fourth-order valence-corrected chi connectivity index (χ4v) is 3.13. The first-order valence-electron chi connectivity index (χ1n) is 5.75. The topological polar surface area (TPSA) is 28.2 Å². The van der Waals surface area contributed by atoms with E-state index in [1.54, 1.807) is 0 Å². The molecule has 1 fully saturated rings. The van der Waals surface area contributed by atoms with E-state index in [0.717, 1.165) is 13.1 Å². The lowest BCUT2D eigenvalue weighted by Gasteiger charge is -2.36. The number of anilines is 1. The van der Waals surface area contributed by atoms with Crippen molar-refractivity contribution in [2.75, 3.05) is 30.0 Å². The second-order valence-corrected chi connectivity index (χ2v) is 5.30. The molecular weight excluding hydrogens is 218 g/mol. The number of rotatable bonds is 3. The van der Waals surface area contributed by atoms with Crippen molar-refractivity contribution in [1.29, 1.82) is 0 Å². The van der Waals surface area contributed by atoms with E-state index >= 15 is 0 Å². The summed E-state index contributed by atoms with van der Waals surface area (Å²) >= 11 is 2.05. The standard InChI is InChI=1S/C12H19N3S/c1-10-9-16-6-5-15(10)12-3-4-14-8-11(12)7-13-2/h3-4,8,10,13H,5-7,9H2,1-2H3. The molecule has 88 valence electrons. The fourth-order valence-electron chi connectivity index (χ4n) is 2.11. The number of hydrogen-bond donors (Lipinski definition) is 1. The zero-order chi connectivity index (χ0) is 11.4.